The summed E-state index contributed by atoms with van der Waals surface area (Å²) in [6.07, 6.45) is 0. The first-order valence-corrected chi connectivity index (χ1v) is 4.94. The molecule has 0 unspecified atom stereocenters. The van der Waals surface area contributed by atoms with Crippen LogP contribution < -0.4 is 4.74 Å². The second-order valence-electron chi connectivity index (χ2n) is 2.68. The summed E-state index contributed by atoms with van der Waals surface area (Å²) in [5.74, 6) is -1.39. The number of hydrogen-bond donors (Lipinski definition) is 0. The number of rotatable bonds is 2. The van der Waals surface area contributed by atoms with Gasteiger partial charge in [0.1, 0.15) is 0 Å². The van der Waals surface area contributed by atoms with Gasteiger partial charge in [-0.15, -0.1) is 0 Å². The van der Waals surface area contributed by atoms with E-state index in [-0.39, 0.29) is 11.3 Å². The largest absolute Gasteiger partial charge is 0.494 e. The molecule has 0 saturated heterocycles. The number of hydrogen-bond acceptors (Lipinski definition) is 2. The normalized spacial score (nSPS) is 11.3. The smallest absolute Gasteiger partial charge is 0.253 e. The highest BCUT2D eigenvalue weighted by atomic mass is 35.6. The second-order valence-corrected chi connectivity index (χ2v) is 4.96. The van der Waals surface area contributed by atoms with Crippen molar-refractivity contribution in [1.29, 1.82) is 0 Å². The number of benzene rings is 1. The average Bonchev–Trinajstić information content (AvgIpc) is 2.16. The van der Waals surface area contributed by atoms with Crippen molar-refractivity contribution in [2.45, 2.75) is 3.79 Å². The Morgan fingerprint density at radius 1 is 1.40 bits per heavy atom. The lowest BCUT2D eigenvalue weighted by molar-refractivity contribution is 0.0996. The van der Waals surface area contributed by atoms with E-state index in [1.165, 1.54) is 19.2 Å². The molecule has 0 atom stereocenters. The molecule has 1 aromatic carbocycles. The molecular formula is C9H6Cl3FO2. The van der Waals surface area contributed by atoms with Gasteiger partial charge in [-0.25, -0.2) is 4.39 Å². The van der Waals surface area contributed by atoms with Crippen molar-refractivity contribution in [2.24, 2.45) is 0 Å². The molecule has 15 heavy (non-hydrogen) atoms. The van der Waals surface area contributed by atoms with Crippen molar-refractivity contribution < 1.29 is 13.9 Å². The van der Waals surface area contributed by atoms with Gasteiger partial charge in [-0.1, -0.05) is 34.8 Å². The van der Waals surface area contributed by atoms with Gasteiger partial charge in [0.25, 0.3) is 3.79 Å². The standard InChI is InChI=1S/C9H6Cl3FO2/c1-15-7-4-5(2-3-6(7)13)8(14)9(10,11)12/h2-4H,1H3. The molecule has 1 rings (SSSR count). The average molecular weight is 272 g/mol. The Hall–Kier alpha value is -0.510. The van der Waals surface area contributed by atoms with Crippen LogP contribution in [0.3, 0.4) is 0 Å². The van der Waals surface area contributed by atoms with Crippen molar-refractivity contribution in [3.8, 4) is 5.75 Å². The van der Waals surface area contributed by atoms with Gasteiger partial charge in [0.2, 0.25) is 5.78 Å². The maximum atomic E-state index is 13.0. The lowest BCUT2D eigenvalue weighted by Gasteiger charge is -2.10. The summed E-state index contributed by atoms with van der Waals surface area (Å²) in [6.45, 7) is 0. The van der Waals surface area contributed by atoms with Gasteiger partial charge >= 0.3 is 0 Å². The Balaban J connectivity index is 3.12. The van der Waals surface area contributed by atoms with Crippen LogP contribution in [-0.4, -0.2) is 16.7 Å². The summed E-state index contributed by atoms with van der Waals surface area (Å²) in [5.41, 5.74) is 0.0771. The monoisotopic (exact) mass is 270 g/mol. The molecule has 82 valence electrons. The maximum Gasteiger partial charge on any atom is 0.253 e. The molecule has 0 aliphatic heterocycles. The SMILES string of the molecule is COc1cc(C(=O)C(Cl)(Cl)Cl)ccc1F. The highest BCUT2D eigenvalue weighted by Gasteiger charge is 2.32. The molecule has 0 radical (unpaired) electrons. The van der Waals surface area contributed by atoms with Crippen LogP contribution in [0.25, 0.3) is 0 Å². The van der Waals surface area contributed by atoms with Gasteiger partial charge < -0.3 is 4.74 Å². The van der Waals surface area contributed by atoms with E-state index in [1.54, 1.807) is 0 Å². The zero-order valence-corrected chi connectivity index (χ0v) is 9.83. The minimum absolute atomic E-state index is 0.0740. The molecule has 6 heteroatoms. The van der Waals surface area contributed by atoms with Gasteiger partial charge in [-0.05, 0) is 18.2 Å². The Morgan fingerprint density at radius 2 is 2.00 bits per heavy atom. The number of ketones is 1. The number of methoxy groups -OCH3 is 1. The van der Waals surface area contributed by atoms with Crippen LogP contribution >= 0.6 is 34.8 Å². The van der Waals surface area contributed by atoms with Crippen LogP contribution in [0.1, 0.15) is 10.4 Å². The highest BCUT2D eigenvalue weighted by molar-refractivity contribution is 6.77. The third kappa shape index (κ3) is 2.97. The second kappa shape index (κ2) is 4.56. The van der Waals surface area contributed by atoms with E-state index in [0.29, 0.717) is 0 Å². The van der Waals surface area contributed by atoms with Crippen molar-refractivity contribution in [3.63, 3.8) is 0 Å². The minimum Gasteiger partial charge on any atom is -0.494 e. The molecule has 2 nitrogen and oxygen atoms in total. The molecule has 0 N–H and O–H groups in total. The summed E-state index contributed by atoms with van der Waals surface area (Å²) in [7, 11) is 1.28. The molecule has 0 saturated carbocycles. The van der Waals surface area contributed by atoms with Crippen LogP contribution in [0.5, 0.6) is 5.75 Å². The fourth-order valence-corrected chi connectivity index (χ4v) is 1.29. The van der Waals surface area contributed by atoms with Gasteiger partial charge in [0.15, 0.2) is 11.6 Å². The van der Waals surface area contributed by atoms with Crippen LogP contribution in [0, 0.1) is 5.82 Å². The summed E-state index contributed by atoms with van der Waals surface area (Å²) >= 11 is 16.2. The molecule has 1 aromatic rings. The predicted octanol–water partition coefficient (Wildman–Crippen LogP) is 3.39. The Morgan fingerprint density at radius 3 is 2.47 bits per heavy atom. The molecule has 0 amide bonds. The fraction of sp³-hybridized carbons (Fsp3) is 0.222. The third-order valence-corrected chi connectivity index (χ3v) is 2.19. The van der Waals surface area contributed by atoms with E-state index in [1.807, 2.05) is 0 Å². The van der Waals surface area contributed by atoms with Crippen molar-refractivity contribution in [2.75, 3.05) is 7.11 Å². The first-order chi connectivity index (χ1) is 6.86. The zero-order valence-electron chi connectivity index (χ0n) is 7.56. The number of alkyl halides is 3. The van der Waals surface area contributed by atoms with Crippen LogP contribution in [0.4, 0.5) is 4.39 Å². The van der Waals surface area contributed by atoms with Crippen LogP contribution in [0.15, 0.2) is 18.2 Å². The topological polar surface area (TPSA) is 26.3 Å². The number of carbonyl (C=O) groups excluding carboxylic acids is 1. The molecular weight excluding hydrogens is 265 g/mol. The number of Topliss-reactive ketones (excluding diaryl/α,β-unsaturated/α-hetero) is 1. The van der Waals surface area contributed by atoms with E-state index in [0.717, 1.165) is 6.07 Å². The predicted molar refractivity (Wildman–Crippen MR) is 57.6 cm³/mol. The molecule has 0 aromatic heterocycles. The van der Waals surface area contributed by atoms with Gasteiger partial charge in [-0.2, -0.15) is 0 Å². The van der Waals surface area contributed by atoms with Gasteiger partial charge in [0.05, 0.1) is 7.11 Å². The molecule has 0 spiro atoms. The van der Waals surface area contributed by atoms with Gasteiger partial charge in [0, 0.05) is 5.56 Å². The molecule has 0 fully saturated rings. The molecule has 0 aliphatic rings. The fourth-order valence-electron chi connectivity index (χ4n) is 0.965. The quantitative estimate of drug-likeness (QED) is 0.609. The number of carbonyl (C=O) groups is 1. The first kappa shape index (κ1) is 12.6. The maximum absolute atomic E-state index is 13.0. The number of halogens is 4. The Kier molecular flexibility index (Phi) is 3.82. The molecule has 0 bridgehead atoms. The van der Waals surface area contributed by atoms with Crippen LogP contribution in [-0.2, 0) is 0 Å². The van der Waals surface area contributed by atoms with Crippen LogP contribution in [0.2, 0.25) is 0 Å². The van der Waals surface area contributed by atoms with E-state index in [4.69, 9.17) is 39.5 Å². The zero-order chi connectivity index (χ0) is 11.6. The van der Waals surface area contributed by atoms with Crippen molar-refractivity contribution in [1.82, 2.24) is 0 Å². The first-order valence-electron chi connectivity index (χ1n) is 3.81. The van der Waals surface area contributed by atoms with Gasteiger partial charge in [-0.3, -0.25) is 4.79 Å². The number of ether oxygens (including phenoxy) is 1. The summed E-state index contributed by atoms with van der Waals surface area (Å²) < 4.78 is 15.6. The minimum atomic E-state index is -2.05. The summed E-state index contributed by atoms with van der Waals surface area (Å²) in [6, 6.07) is 3.48. The van der Waals surface area contributed by atoms with E-state index >= 15 is 0 Å². The highest BCUT2D eigenvalue weighted by Crippen LogP contribution is 2.31. The van der Waals surface area contributed by atoms with E-state index in [2.05, 4.69) is 0 Å². The van der Waals surface area contributed by atoms with Crippen molar-refractivity contribution >= 4 is 40.6 Å². The Bertz CT molecular complexity index is 387. The van der Waals surface area contributed by atoms with Crippen molar-refractivity contribution in [3.05, 3.63) is 29.6 Å². The van der Waals surface area contributed by atoms with E-state index < -0.39 is 15.4 Å². The summed E-state index contributed by atoms with van der Waals surface area (Å²) in [4.78, 5) is 11.5. The third-order valence-electron chi connectivity index (χ3n) is 1.67. The lowest BCUT2D eigenvalue weighted by atomic mass is 10.1. The van der Waals surface area contributed by atoms with E-state index in [9.17, 15) is 9.18 Å². The summed E-state index contributed by atoms with van der Waals surface area (Å²) in [5, 5.41) is 0. The molecule has 0 heterocycles. The Labute approximate surface area is 101 Å². The molecule has 0 aliphatic carbocycles. The lowest BCUT2D eigenvalue weighted by Crippen LogP contribution is -2.18.